The first-order valence-electron chi connectivity index (χ1n) is 6.60. The van der Waals surface area contributed by atoms with Crippen LogP contribution in [-0.4, -0.2) is 30.8 Å². The Bertz CT molecular complexity index is 679. The van der Waals surface area contributed by atoms with Crippen molar-refractivity contribution in [1.82, 2.24) is 5.32 Å². The van der Waals surface area contributed by atoms with Crippen LogP contribution in [0.5, 0.6) is 5.75 Å². The van der Waals surface area contributed by atoms with Crippen LogP contribution in [0.15, 0.2) is 29.6 Å². The molecule has 0 fully saturated rings. The molecule has 1 aromatic carbocycles. The van der Waals surface area contributed by atoms with Crippen molar-refractivity contribution in [2.45, 2.75) is 6.92 Å². The molecule has 2 rings (SSSR count). The molecule has 0 spiro atoms. The molecule has 0 aliphatic heterocycles. The largest absolute Gasteiger partial charge is 0.497 e. The first kappa shape index (κ1) is 15.8. The van der Waals surface area contributed by atoms with E-state index < -0.39 is 12.0 Å². The maximum absolute atomic E-state index is 11.7. The average molecular weight is 320 g/mol. The van der Waals surface area contributed by atoms with Crippen LogP contribution < -0.4 is 15.4 Å². The number of carbonyl (C=O) groups excluding carboxylic acids is 1. The summed E-state index contributed by atoms with van der Waals surface area (Å²) in [6.07, 6.45) is 0. The first-order valence-corrected chi connectivity index (χ1v) is 7.48. The van der Waals surface area contributed by atoms with Gasteiger partial charge in [-0.05, 0) is 24.6 Å². The molecule has 0 aliphatic carbocycles. The molecule has 6 nitrogen and oxygen atoms in total. The molecular weight excluding hydrogens is 304 g/mol. The van der Waals surface area contributed by atoms with Gasteiger partial charge in [0.25, 0.3) is 0 Å². The second-order valence-corrected chi connectivity index (χ2v) is 5.25. The molecule has 2 aromatic rings. The Labute approximate surface area is 131 Å². The summed E-state index contributed by atoms with van der Waals surface area (Å²) in [6, 6.07) is 6.76. The molecule has 0 aliphatic rings. The van der Waals surface area contributed by atoms with Gasteiger partial charge in [0, 0.05) is 17.5 Å². The van der Waals surface area contributed by atoms with Crippen LogP contribution in [0.3, 0.4) is 0 Å². The Hall–Kier alpha value is -2.54. The van der Waals surface area contributed by atoms with Crippen molar-refractivity contribution in [3.63, 3.8) is 0 Å². The number of rotatable bonds is 5. The smallest absolute Gasteiger partial charge is 0.348 e. The maximum Gasteiger partial charge on any atom is 0.348 e. The lowest BCUT2D eigenvalue weighted by molar-refractivity contribution is 0.0703. The van der Waals surface area contributed by atoms with Crippen LogP contribution >= 0.6 is 11.3 Å². The van der Waals surface area contributed by atoms with Crippen LogP contribution in [0.1, 0.15) is 16.6 Å². The first-order chi connectivity index (χ1) is 10.6. The Morgan fingerprint density at radius 1 is 1.27 bits per heavy atom. The number of anilines is 1. The number of benzene rings is 1. The van der Waals surface area contributed by atoms with Crippen LogP contribution in [0.4, 0.5) is 10.5 Å². The summed E-state index contributed by atoms with van der Waals surface area (Å²) >= 11 is 1.08. The third kappa shape index (κ3) is 3.37. The summed E-state index contributed by atoms with van der Waals surface area (Å²) in [5.74, 6) is -0.368. The highest BCUT2D eigenvalue weighted by atomic mass is 32.1. The lowest BCUT2D eigenvalue weighted by Gasteiger charge is -2.09. The fraction of sp³-hybridized carbons (Fsp3) is 0.200. The zero-order chi connectivity index (χ0) is 16.1. The summed E-state index contributed by atoms with van der Waals surface area (Å²) in [6.45, 7) is 2.24. The number of amides is 2. The molecule has 116 valence electrons. The van der Waals surface area contributed by atoms with Crippen LogP contribution in [0, 0.1) is 0 Å². The van der Waals surface area contributed by atoms with Gasteiger partial charge in [0.1, 0.15) is 10.6 Å². The minimum Gasteiger partial charge on any atom is -0.497 e. The summed E-state index contributed by atoms with van der Waals surface area (Å²) in [7, 11) is 1.57. The molecule has 1 heterocycles. The average Bonchev–Trinajstić information content (AvgIpc) is 2.91. The van der Waals surface area contributed by atoms with E-state index in [1.165, 1.54) is 0 Å². The summed E-state index contributed by atoms with van der Waals surface area (Å²) in [4.78, 5) is 23.2. The van der Waals surface area contributed by atoms with E-state index in [0.29, 0.717) is 23.5 Å². The number of hydrogen-bond acceptors (Lipinski definition) is 4. The highest BCUT2D eigenvalue weighted by Gasteiger charge is 2.20. The van der Waals surface area contributed by atoms with Crippen molar-refractivity contribution in [2.24, 2.45) is 0 Å². The van der Waals surface area contributed by atoms with Gasteiger partial charge in [0.2, 0.25) is 0 Å². The zero-order valence-electron chi connectivity index (χ0n) is 12.2. The fourth-order valence-electron chi connectivity index (χ4n) is 1.94. The molecule has 3 N–H and O–H groups in total. The van der Waals surface area contributed by atoms with Gasteiger partial charge in [-0.25, -0.2) is 9.59 Å². The number of carboxylic acids is 1. The van der Waals surface area contributed by atoms with Gasteiger partial charge in [-0.1, -0.05) is 12.1 Å². The number of nitrogens with one attached hydrogen (secondary N) is 2. The molecular formula is C15H16N2O4S. The second kappa shape index (κ2) is 6.95. The molecule has 0 saturated carbocycles. The predicted molar refractivity (Wildman–Crippen MR) is 86.0 cm³/mol. The number of ether oxygens (including phenoxy) is 1. The van der Waals surface area contributed by atoms with Crippen LogP contribution in [-0.2, 0) is 0 Å². The number of aromatic carboxylic acids is 1. The third-order valence-electron chi connectivity index (χ3n) is 2.96. The Balaban J connectivity index is 2.41. The monoisotopic (exact) mass is 320 g/mol. The second-order valence-electron chi connectivity index (χ2n) is 4.37. The SMILES string of the molecule is CCNC(=O)Nc1c(-c2ccc(OC)cc2)csc1C(=O)O. The van der Waals surface area contributed by atoms with E-state index in [1.54, 1.807) is 31.5 Å². The molecule has 22 heavy (non-hydrogen) atoms. The van der Waals surface area contributed by atoms with E-state index in [-0.39, 0.29) is 4.88 Å². The summed E-state index contributed by atoms with van der Waals surface area (Å²) in [5.41, 5.74) is 1.77. The Kier molecular flexibility index (Phi) is 5.00. The molecule has 0 unspecified atom stereocenters. The van der Waals surface area contributed by atoms with Crippen LogP contribution in [0.2, 0.25) is 0 Å². The van der Waals surface area contributed by atoms with Gasteiger partial charge in [0.15, 0.2) is 0 Å². The van der Waals surface area contributed by atoms with E-state index in [1.807, 2.05) is 12.1 Å². The Morgan fingerprint density at radius 2 is 1.95 bits per heavy atom. The number of carboxylic acid groups (broad SMARTS) is 1. The van der Waals surface area contributed by atoms with Crippen molar-refractivity contribution in [2.75, 3.05) is 19.0 Å². The number of hydrogen-bond donors (Lipinski definition) is 3. The van der Waals surface area contributed by atoms with Gasteiger partial charge in [0.05, 0.1) is 12.8 Å². The summed E-state index contributed by atoms with van der Waals surface area (Å²) < 4.78 is 5.10. The van der Waals surface area contributed by atoms with Gasteiger partial charge < -0.3 is 20.5 Å². The van der Waals surface area contributed by atoms with Crippen molar-refractivity contribution < 1.29 is 19.4 Å². The van der Waals surface area contributed by atoms with Gasteiger partial charge in [-0.2, -0.15) is 0 Å². The molecule has 0 radical (unpaired) electrons. The normalized spacial score (nSPS) is 10.1. The minimum atomic E-state index is -1.07. The van der Waals surface area contributed by atoms with Crippen molar-refractivity contribution >= 4 is 29.0 Å². The molecule has 0 saturated heterocycles. The van der Waals surface area contributed by atoms with E-state index in [2.05, 4.69) is 10.6 Å². The number of urea groups is 1. The van der Waals surface area contributed by atoms with Gasteiger partial charge >= 0.3 is 12.0 Å². The summed E-state index contributed by atoms with van der Waals surface area (Å²) in [5, 5.41) is 16.2. The topological polar surface area (TPSA) is 87.7 Å². The van der Waals surface area contributed by atoms with Crippen molar-refractivity contribution in [3.8, 4) is 16.9 Å². The predicted octanol–water partition coefficient (Wildman–Crippen LogP) is 3.26. The molecule has 0 atom stereocenters. The van der Waals surface area contributed by atoms with Gasteiger partial charge in [-0.3, -0.25) is 0 Å². The van der Waals surface area contributed by atoms with E-state index >= 15 is 0 Å². The molecule has 7 heteroatoms. The molecule has 0 bridgehead atoms. The number of thiophene rings is 1. The van der Waals surface area contributed by atoms with E-state index in [4.69, 9.17) is 4.74 Å². The highest BCUT2D eigenvalue weighted by molar-refractivity contribution is 7.13. The zero-order valence-corrected chi connectivity index (χ0v) is 13.0. The lowest BCUT2D eigenvalue weighted by Crippen LogP contribution is -2.28. The molecule has 2 amide bonds. The third-order valence-corrected chi connectivity index (χ3v) is 3.93. The maximum atomic E-state index is 11.7. The highest BCUT2D eigenvalue weighted by Crippen LogP contribution is 2.37. The fourth-order valence-corrected chi connectivity index (χ4v) is 2.81. The standard InChI is InChI=1S/C15H16N2O4S/c1-3-16-15(20)17-12-11(8-22-13(12)14(18)19)9-4-6-10(21-2)7-5-9/h4-8H,3H2,1-2H3,(H,18,19)(H2,16,17,20). The lowest BCUT2D eigenvalue weighted by atomic mass is 10.1. The Morgan fingerprint density at radius 3 is 2.50 bits per heavy atom. The number of methoxy groups -OCH3 is 1. The van der Waals surface area contributed by atoms with Crippen LogP contribution in [0.25, 0.3) is 11.1 Å². The van der Waals surface area contributed by atoms with Crippen molar-refractivity contribution in [3.05, 3.63) is 34.5 Å². The van der Waals surface area contributed by atoms with E-state index in [0.717, 1.165) is 16.9 Å². The van der Waals surface area contributed by atoms with E-state index in [9.17, 15) is 14.7 Å². The number of carbonyl (C=O) groups is 2. The van der Waals surface area contributed by atoms with Crippen molar-refractivity contribution in [1.29, 1.82) is 0 Å². The van der Waals surface area contributed by atoms with Gasteiger partial charge in [-0.15, -0.1) is 11.3 Å². The minimum absolute atomic E-state index is 0.0945. The quantitative estimate of drug-likeness (QED) is 0.789. The molecule has 1 aromatic heterocycles.